The lowest BCUT2D eigenvalue weighted by atomic mass is 9.99. The van der Waals surface area contributed by atoms with Crippen LogP contribution in [0.4, 0.5) is 0 Å². The SMILES string of the molecule is CCCCCCCCCCCC(NC(=O)[C@@H](NC(=O)[C@@H](N)C(C)C)C(C)C)C(=O)OC(C)(C)C. The summed E-state index contributed by atoms with van der Waals surface area (Å²) in [5.41, 5.74) is 5.30. The first-order chi connectivity index (χ1) is 15.8. The third-order valence-corrected chi connectivity index (χ3v) is 5.87. The smallest absolute Gasteiger partial charge is 0.329 e. The Balaban J connectivity index is 4.98. The lowest BCUT2D eigenvalue weighted by molar-refractivity contribution is -0.159. The van der Waals surface area contributed by atoms with Gasteiger partial charge in [0, 0.05) is 0 Å². The monoisotopic (exact) mass is 483 g/mol. The number of nitrogens with one attached hydrogen (secondary N) is 2. The van der Waals surface area contributed by atoms with E-state index in [-0.39, 0.29) is 23.7 Å². The second kappa shape index (κ2) is 16.9. The van der Waals surface area contributed by atoms with E-state index in [0.29, 0.717) is 6.42 Å². The second-order valence-electron chi connectivity index (χ2n) is 11.2. The molecule has 2 amide bonds. The average Bonchev–Trinajstić information content (AvgIpc) is 2.72. The van der Waals surface area contributed by atoms with Crippen LogP contribution < -0.4 is 16.4 Å². The molecule has 0 aliphatic heterocycles. The van der Waals surface area contributed by atoms with Gasteiger partial charge in [-0.3, -0.25) is 9.59 Å². The molecule has 0 aliphatic rings. The van der Waals surface area contributed by atoms with Gasteiger partial charge in [-0.15, -0.1) is 0 Å². The van der Waals surface area contributed by atoms with Gasteiger partial charge in [-0.1, -0.05) is 92.4 Å². The van der Waals surface area contributed by atoms with Gasteiger partial charge in [-0.05, 0) is 39.0 Å². The van der Waals surface area contributed by atoms with E-state index >= 15 is 0 Å². The molecule has 0 aliphatic carbocycles. The standard InChI is InChI=1S/C27H53N3O4/c1-9-10-11-12-13-14-15-16-17-18-21(26(33)34-27(6,7)8)29-25(32)23(20(4)5)30-24(31)22(28)19(2)3/h19-23H,9-18,28H2,1-8H3,(H,29,32)(H,30,31)/t21?,22-,23-/m0/s1. The maximum atomic E-state index is 13.1. The first-order valence-electron chi connectivity index (χ1n) is 13.4. The molecule has 0 saturated carbocycles. The number of carbonyl (C=O) groups excluding carboxylic acids is 3. The highest BCUT2D eigenvalue weighted by atomic mass is 16.6. The van der Waals surface area contributed by atoms with Crippen LogP contribution in [-0.4, -0.2) is 41.5 Å². The van der Waals surface area contributed by atoms with E-state index in [0.717, 1.165) is 19.3 Å². The predicted octanol–water partition coefficient (Wildman–Crippen LogP) is 4.86. The van der Waals surface area contributed by atoms with Crippen molar-refractivity contribution in [1.82, 2.24) is 10.6 Å². The molecule has 0 aromatic carbocycles. The summed E-state index contributed by atoms with van der Waals surface area (Å²) in [5.74, 6) is -1.39. The number of amides is 2. The highest BCUT2D eigenvalue weighted by molar-refractivity contribution is 5.92. The molecule has 1 unspecified atom stereocenters. The summed E-state index contributed by atoms with van der Waals surface area (Å²) in [6.45, 7) is 15.1. The highest BCUT2D eigenvalue weighted by Crippen LogP contribution is 2.15. The van der Waals surface area contributed by atoms with Crippen molar-refractivity contribution in [3.63, 3.8) is 0 Å². The minimum atomic E-state index is -0.773. The number of ether oxygens (including phenoxy) is 1. The number of carbonyl (C=O) groups is 3. The molecule has 0 bridgehead atoms. The van der Waals surface area contributed by atoms with Gasteiger partial charge in [0.25, 0.3) is 0 Å². The van der Waals surface area contributed by atoms with E-state index in [1.54, 1.807) is 0 Å². The average molecular weight is 484 g/mol. The Morgan fingerprint density at radius 2 is 1.26 bits per heavy atom. The van der Waals surface area contributed by atoms with Crippen molar-refractivity contribution in [2.24, 2.45) is 17.6 Å². The van der Waals surface area contributed by atoms with E-state index in [9.17, 15) is 14.4 Å². The molecule has 0 spiro atoms. The van der Waals surface area contributed by atoms with Crippen LogP contribution in [0.2, 0.25) is 0 Å². The maximum absolute atomic E-state index is 13.1. The van der Waals surface area contributed by atoms with Crippen LogP contribution in [0, 0.1) is 11.8 Å². The van der Waals surface area contributed by atoms with Crippen LogP contribution >= 0.6 is 0 Å². The number of hydrogen-bond donors (Lipinski definition) is 3. The fourth-order valence-corrected chi connectivity index (χ4v) is 3.63. The Morgan fingerprint density at radius 3 is 1.71 bits per heavy atom. The Hall–Kier alpha value is -1.63. The van der Waals surface area contributed by atoms with Crippen molar-refractivity contribution in [2.75, 3.05) is 0 Å². The highest BCUT2D eigenvalue weighted by Gasteiger charge is 2.32. The number of esters is 1. The zero-order valence-corrected chi connectivity index (χ0v) is 23.2. The van der Waals surface area contributed by atoms with Crippen molar-refractivity contribution in [3.05, 3.63) is 0 Å². The zero-order valence-electron chi connectivity index (χ0n) is 23.2. The number of unbranched alkanes of at least 4 members (excludes halogenated alkanes) is 8. The Bertz CT molecular complexity index is 599. The van der Waals surface area contributed by atoms with Gasteiger partial charge in [-0.2, -0.15) is 0 Å². The van der Waals surface area contributed by atoms with Gasteiger partial charge < -0.3 is 21.1 Å². The third kappa shape index (κ3) is 14.6. The molecule has 0 heterocycles. The first kappa shape index (κ1) is 32.4. The molecule has 0 aromatic rings. The van der Waals surface area contributed by atoms with E-state index in [1.807, 2.05) is 48.5 Å². The van der Waals surface area contributed by atoms with Crippen molar-refractivity contribution >= 4 is 17.8 Å². The molecule has 7 heteroatoms. The van der Waals surface area contributed by atoms with E-state index in [1.165, 1.54) is 38.5 Å². The van der Waals surface area contributed by atoms with Crippen LogP contribution in [0.5, 0.6) is 0 Å². The summed E-state index contributed by atoms with van der Waals surface area (Å²) in [4.78, 5) is 38.4. The fraction of sp³-hybridized carbons (Fsp3) is 0.889. The molecular formula is C27H53N3O4. The van der Waals surface area contributed by atoms with Gasteiger partial charge in [0.1, 0.15) is 17.7 Å². The van der Waals surface area contributed by atoms with Gasteiger partial charge in [0.05, 0.1) is 6.04 Å². The zero-order chi connectivity index (χ0) is 26.3. The van der Waals surface area contributed by atoms with Crippen LogP contribution in [0.15, 0.2) is 0 Å². The molecule has 0 aromatic heterocycles. The largest absolute Gasteiger partial charge is 0.458 e. The molecule has 0 radical (unpaired) electrons. The van der Waals surface area contributed by atoms with Gasteiger partial charge in [0.15, 0.2) is 0 Å². The van der Waals surface area contributed by atoms with Gasteiger partial charge >= 0.3 is 5.97 Å². The molecule has 0 saturated heterocycles. The lowest BCUT2D eigenvalue weighted by Crippen LogP contribution is -2.57. The van der Waals surface area contributed by atoms with Crippen molar-refractivity contribution in [1.29, 1.82) is 0 Å². The van der Waals surface area contributed by atoms with E-state index in [2.05, 4.69) is 17.6 Å². The Kier molecular flexibility index (Phi) is 16.1. The van der Waals surface area contributed by atoms with E-state index in [4.69, 9.17) is 10.5 Å². The summed E-state index contributed by atoms with van der Waals surface area (Å²) in [7, 11) is 0. The van der Waals surface area contributed by atoms with Gasteiger partial charge in [-0.25, -0.2) is 4.79 Å². The molecule has 0 rings (SSSR count). The lowest BCUT2D eigenvalue weighted by Gasteiger charge is -2.28. The van der Waals surface area contributed by atoms with Crippen LogP contribution in [-0.2, 0) is 19.1 Å². The molecule has 3 atom stereocenters. The summed E-state index contributed by atoms with van der Waals surface area (Å²) >= 11 is 0. The van der Waals surface area contributed by atoms with Crippen molar-refractivity contribution < 1.29 is 19.1 Å². The quantitative estimate of drug-likeness (QED) is 0.202. The molecule has 7 nitrogen and oxygen atoms in total. The molecular weight excluding hydrogens is 430 g/mol. The molecule has 200 valence electrons. The predicted molar refractivity (Wildman–Crippen MR) is 139 cm³/mol. The summed E-state index contributed by atoms with van der Waals surface area (Å²) in [6, 6.07) is -2.21. The molecule has 4 N–H and O–H groups in total. The second-order valence-corrected chi connectivity index (χ2v) is 11.2. The van der Waals surface area contributed by atoms with Crippen LogP contribution in [0.3, 0.4) is 0 Å². The Labute approximate surface area is 208 Å². The third-order valence-electron chi connectivity index (χ3n) is 5.87. The van der Waals surface area contributed by atoms with Crippen molar-refractivity contribution in [2.45, 2.75) is 143 Å². The fourth-order valence-electron chi connectivity index (χ4n) is 3.63. The Morgan fingerprint density at radius 1 is 0.765 bits per heavy atom. The number of hydrogen-bond acceptors (Lipinski definition) is 5. The maximum Gasteiger partial charge on any atom is 0.329 e. The van der Waals surface area contributed by atoms with Gasteiger partial charge in [0.2, 0.25) is 11.8 Å². The number of nitrogens with two attached hydrogens (primary N) is 1. The topological polar surface area (TPSA) is 111 Å². The minimum absolute atomic E-state index is 0.0444. The summed E-state index contributed by atoms with van der Waals surface area (Å²) < 4.78 is 5.56. The van der Waals surface area contributed by atoms with Crippen LogP contribution in [0.1, 0.15) is 120 Å². The van der Waals surface area contributed by atoms with Crippen molar-refractivity contribution in [3.8, 4) is 0 Å². The van der Waals surface area contributed by atoms with Crippen LogP contribution in [0.25, 0.3) is 0 Å². The molecule has 34 heavy (non-hydrogen) atoms. The summed E-state index contributed by atoms with van der Waals surface area (Å²) in [6.07, 6.45) is 11.1. The summed E-state index contributed by atoms with van der Waals surface area (Å²) in [5, 5.41) is 5.62. The first-order valence-corrected chi connectivity index (χ1v) is 13.4. The normalized spacial score (nSPS) is 14.6. The molecule has 0 fully saturated rings. The number of rotatable bonds is 17. The van der Waals surface area contributed by atoms with E-state index < -0.39 is 29.7 Å². The minimum Gasteiger partial charge on any atom is -0.458 e.